The molecule has 150 valence electrons. The molecular weight excluding hydrogens is 468 g/mol. The smallest absolute Gasteiger partial charge is 0.235 e. The Morgan fingerprint density at radius 1 is 1.03 bits per heavy atom. The topological polar surface area (TPSA) is 90.2 Å². The van der Waals surface area contributed by atoms with Crippen LogP contribution in [0.15, 0.2) is 59.1 Å². The summed E-state index contributed by atoms with van der Waals surface area (Å²) < 4.78 is 13.7. The molecule has 5 aromatic rings. The SMILES string of the molecule is COc1ccc(-c2cc(-c3nn4c(COc5ccc(Br)cc5)nnc4s3)[nH]n2)cc1. The van der Waals surface area contributed by atoms with Gasteiger partial charge in [-0.05, 0) is 54.6 Å². The average molecular weight is 483 g/mol. The molecule has 1 N–H and O–H groups in total. The fraction of sp³-hybridized carbons (Fsp3) is 0.100. The normalized spacial score (nSPS) is 11.1. The van der Waals surface area contributed by atoms with Crippen LogP contribution in [0, 0.1) is 0 Å². The van der Waals surface area contributed by atoms with Gasteiger partial charge in [-0.15, -0.1) is 10.2 Å². The van der Waals surface area contributed by atoms with Gasteiger partial charge in [-0.3, -0.25) is 5.10 Å². The second-order valence-electron chi connectivity index (χ2n) is 6.36. The summed E-state index contributed by atoms with van der Waals surface area (Å²) in [5.74, 6) is 2.19. The fourth-order valence-corrected chi connectivity index (χ4v) is 3.96. The number of aromatic amines is 1. The van der Waals surface area contributed by atoms with E-state index in [1.165, 1.54) is 11.3 Å². The van der Waals surface area contributed by atoms with Crippen LogP contribution in [0.4, 0.5) is 0 Å². The Labute approximate surface area is 183 Å². The lowest BCUT2D eigenvalue weighted by Crippen LogP contribution is -2.02. The summed E-state index contributed by atoms with van der Waals surface area (Å²) in [6.07, 6.45) is 0. The monoisotopic (exact) mass is 482 g/mol. The molecule has 8 nitrogen and oxygen atoms in total. The molecule has 0 saturated carbocycles. The maximum Gasteiger partial charge on any atom is 0.235 e. The van der Waals surface area contributed by atoms with Gasteiger partial charge in [-0.2, -0.15) is 14.7 Å². The van der Waals surface area contributed by atoms with Gasteiger partial charge >= 0.3 is 0 Å². The van der Waals surface area contributed by atoms with Crippen molar-refractivity contribution in [2.24, 2.45) is 0 Å². The molecule has 0 aliphatic heterocycles. The molecular formula is C20H15BrN6O2S. The zero-order chi connectivity index (χ0) is 20.5. The molecule has 3 aromatic heterocycles. The van der Waals surface area contributed by atoms with E-state index in [-0.39, 0.29) is 6.61 Å². The van der Waals surface area contributed by atoms with E-state index >= 15 is 0 Å². The molecule has 0 saturated heterocycles. The van der Waals surface area contributed by atoms with Gasteiger partial charge in [0.25, 0.3) is 0 Å². The van der Waals surface area contributed by atoms with Gasteiger partial charge in [0.2, 0.25) is 4.96 Å². The minimum absolute atomic E-state index is 0.270. The Balaban J connectivity index is 1.36. The van der Waals surface area contributed by atoms with Crippen molar-refractivity contribution in [2.45, 2.75) is 6.61 Å². The van der Waals surface area contributed by atoms with Crippen LogP contribution in [0.3, 0.4) is 0 Å². The molecule has 0 amide bonds. The molecule has 10 heteroatoms. The van der Waals surface area contributed by atoms with Crippen molar-refractivity contribution < 1.29 is 9.47 Å². The summed E-state index contributed by atoms with van der Waals surface area (Å²) in [5.41, 5.74) is 2.64. The number of ether oxygens (including phenoxy) is 2. The molecule has 0 aliphatic carbocycles. The molecule has 0 bridgehead atoms. The number of nitrogens with one attached hydrogen (secondary N) is 1. The highest BCUT2D eigenvalue weighted by molar-refractivity contribution is 9.10. The Kier molecular flexibility index (Phi) is 4.93. The van der Waals surface area contributed by atoms with Crippen molar-refractivity contribution in [1.29, 1.82) is 0 Å². The van der Waals surface area contributed by atoms with Gasteiger partial charge in [0.15, 0.2) is 10.8 Å². The van der Waals surface area contributed by atoms with Crippen LogP contribution in [0.25, 0.3) is 26.9 Å². The van der Waals surface area contributed by atoms with Crippen LogP contribution in [-0.2, 0) is 6.61 Å². The van der Waals surface area contributed by atoms with Crippen molar-refractivity contribution in [2.75, 3.05) is 7.11 Å². The van der Waals surface area contributed by atoms with Crippen LogP contribution in [0.1, 0.15) is 5.82 Å². The summed E-state index contributed by atoms with van der Waals surface area (Å²) in [7, 11) is 1.65. The van der Waals surface area contributed by atoms with Gasteiger partial charge in [-0.1, -0.05) is 27.3 Å². The summed E-state index contributed by atoms with van der Waals surface area (Å²) in [6, 6.07) is 17.3. The van der Waals surface area contributed by atoms with E-state index in [1.807, 2.05) is 54.6 Å². The second-order valence-corrected chi connectivity index (χ2v) is 8.23. The minimum Gasteiger partial charge on any atom is -0.497 e. The summed E-state index contributed by atoms with van der Waals surface area (Å²) in [6.45, 7) is 0.270. The lowest BCUT2D eigenvalue weighted by atomic mass is 10.1. The number of hydrogen-bond acceptors (Lipinski definition) is 7. The van der Waals surface area contributed by atoms with Gasteiger partial charge < -0.3 is 9.47 Å². The minimum atomic E-state index is 0.270. The number of rotatable bonds is 6. The number of nitrogens with zero attached hydrogens (tertiary/aromatic N) is 5. The predicted molar refractivity (Wildman–Crippen MR) is 117 cm³/mol. The molecule has 3 heterocycles. The van der Waals surface area contributed by atoms with E-state index in [0.29, 0.717) is 10.8 Å². The Morgan fingerprint density at radius 2 is 1.80 bits per heavy atom. The standard InChI is InChI=1S/C20H15BrN6O2S/c1-28-14-6-2-12(3-7-14)16-10-17(23-22-16)19-26-27-18(24-25-20(27)30-19)11-29-15-8-4-13(21)5-9-15/h2-10H,11H2,1H3,(H,22,23). The first-order valence-corrected chi connectivity index (χ1v) is 10.6. The Bertz CT molecular complexity index is 1290. The number of methoxy groups -OCH3 is 1. The zero-order valence-electron chi connectivity index (χ0n) is 15.7. The summed E-state index contributed by atoms with van der Waals surface area (Å²) >= 11 is 4.85. The number of benzene rings is 2. The quantitative estimate of drug-likeness (QED) is 0.380. The maximum atomic E-state index is 5.80. The molecule has 0 radical (unpaired) electrons. The number of H-pyrrole nitrogens is 1. The Morgan fingerprint density at radius 3 is 2.57 bits per heavy atom. The predicted octanol–water partition coefficient (Wildman–Crippen LogP) is 4.59. The number of aromatic nitrogens is 6. The van der Waals surface area contributed by atoms with Gasteiger partial charge in [0.05, 0.1) is 18.5 Å². The van der Waals surface area contributed by atoms with Gasteiger partial charge in [-0.25, -0.2) is 0 Å². The van der Waals surface area contributed by atoms with Crippen LogP contribution in [0.5, 0.6) is 11.5 Å². The van der Waals surface area contributed by atoms with Gasteiger partial charge in [0.1, 0.15) is 18.1 Å². The third-order valence-electron chi connectivity index (χ3n) is 4.43. The van der Waals surface area contributed by atoms with Crippen LogP contribution in [0.2, 0.25) is 0 Å². The van der Waals surface area contributed by atoms with E-state index < -0.39 is 0 Å². The molecule has 0 fully saturated rings. The largest absolute Gasteiger partial charge is 0.497 e. The molecule has 0 aliphatic rings. The first-order valence-electron chi connectivity index (χ1n) is 8.99. The number of fused-ring (bicyclic) bond motifs is 1. The molecule has 2 aromatic carbocycles. The number of hydrogen-bond donors (Lipinski definition) is 1. The summed E-state index contributed by atoms with van der Waals surface area (Å²) in [4.78, 5) is 0.694. The van der Waals surface area contributed by atoms with Crippen molar-refractivity contribution in [1.82, 2.24) is 30.0 Å². The molecule has 0 unspecified atom stereocenters. The second kappa shape index (κ2) is 7.88. The Hall–Kier alpha value is -3.24. The van der Waals surface area contributed by atoms with E-state index in [9.17, 15) is 0 Å². The van der Waals surface area contributed by atoms with Crippen LogP contribution < -0.4 is 9.47 Å². The van der Waals surface area contributed by atoms with E-state index in [0.717, 1.165) is 37.9 Å². The van der Waals surface area contributed by atoms with Crippen molar-refractivity contribution in [3.63, 3.8) is 0 Å². The highest BCUT2D eigenvalue weighted by atomic mass is 79.9. The number of halogens is 1. The molecule has 30 heavy (non-hydrogen) atoms. The van der Waals surface area contributed by atoms with Gasteiger partial charge in [0, 0.05) is 10.0 Å². The van der Waals surface area contributed by atoms with E-state index in [1.54, 1.807) is 11.6 Å². The summed E-state index contributed by atoms with van der Waals surface area (Å²) in [5, 5.41) is 21.3. The third kappa shape index (κ3) is 3.66. The lowest BCUT2D eigenvalue weighted by Gasteiger charge is -2.03. The highest BCUT2D eigenvalue weighted by Gasteiger charge is 2.15. The molecule has 0 atom stereocenters. The van der Waals surface area contributed by atoms with E-state index in [4.69, 9.17) is 9.47 Å². The average Bonchev–Trinajstić information content (AvgIpc) is 3.49. The lowest BCUT2D eigenvalue weighted by molar-refractivity contribution is 0.293. The fourth-order valence-electron chi connectivity index (χ4n) is 2.88. The molecule has 0 spiro atoms. The first kappa shape index (κ1) is 18.8. The maximum absolute atomic E-state index is 5.80. The molecule has 5 rings (SSSR count). The van der Waals surface area contributed by atoms with Crippen molar-refractivity contribution in [3.8, 4) is 33.5 Å². The first-order chi connectivity index (χ1) is 14.7. The zero-order valence-corrected chi connectivity index (χ0v) is 18.1. The third-order valence-corrected chi connectivity index (χ3v) is 5.89. The highest BCUT2D eigenvalue weighted by Crippen LogP contribution is 2.28. The van der Waals surface area contributed by atoms with Crippen molar-refractivity contribution >= 4 is 32.2 Å². The van der Waals surface area contributed by atoms with Crippen LogP contribution >= 0.6 is 27.3 Å². The van der Waals surface area contributed by atoms with Crippen LogP contribution in [-0.4, -0.2) is 37.1 Å². The van der Waals surface area contributed by atoms with E-state index in [2.05, 4.69) is 41.4 Å². The van der Waals surface area contributed by atoms with Crippen molar-refractivity contribution in [3.05, 3.63) is 64.9 Å².